The summed E-state index contributed by atoms with van der Waals surface area (Å²) in [5.41, 5.74) is 2.04. The summed E-state index contributed by atoms with van der Waals surface area (Å²) in [7, 11) is 4.07. The van der Waals surface area contributed by atoms with Crippen LogP contribution in [0.1, 0.15) is 84.0 Å². The second-order valence-electron chi connectivity index (χ2n) is 9.30. The molecule has 0 spiro atoms. The van der Waals surface area contributed by atoms with Crippen LogP contribution in [0.3, 0.4) is 0 Å². The van der Waals surface area contributed by atoms with E-state index in [-0.39, 0.29) is 11.6 Å². The van der Waals surface area contributed by atoms with Crippen molar-refractivity contribution in [2.24, 2.45) is 0 Å². The second-order valence-corrected chi connectivity index (χ2v) is 9.30. The molecule has 1 N–H and O–H groups in total. The molecular weight excluding hydrogens is 346 g/mol. The van der Waals surface area contributed by atoms with Crippen LogP contribution < -0.4 is 10.2 Å². The van der Waals surface area contributed by atoms with Crippen LogP contribution in [0.2, 0.25) is 0 Å². The van der Waals surface area contributed by atoms with Crippen LogP contribution in [-0.2, 0) is 0 Å². The van der Waals surface area contributed by atoms with Gasteiger partial charge >= 0.3 is 6.03 Å². The summed E-state index contributed by atoms with van der Waals surface area (Å²) in [5.74, 6) is 0. The molecular formula is C24H39N3O. The number of rotatable bonds is 4. The molecule has 0 heterocycles. The fraction of sp³-hybridized carbons (Fsp3) is 0.708. The second kappa shape index (κ2) is 9.67. The van der Waals surface area contributed by atoms with Gasteiger partial charge in [0.05, 0.1) is 0 Å². The van der Waals surface area contributed by atoms with Crippen molar-refractivity contribution in [3.8, 4) is 0 Å². The number of hydrogen-bond donors (Lipinski definition) is 1. The summed E-state index contributed by atoms with van der Waals surface area (Å²) in [6, 6.07) is 8.66. The Morgan fingerprint density at radius 3 is 2.00 bits per heavy atom. The lowest BCUT2D eigenvalue weighted by Crippen LogP contribution is -2.57. The Labute approximate surface area is 171 Å². The number of nitrogens with zero attached hydrogens (tertiary/aromatic N) is 2. The third-order valence-electron chi connectivity index (χ3n) is 6.81. The van der Waals surface area contributed by atoms with Gasteiger partial charge in [0, 0.05) is 37.1 Å². The quantitative estimate of drug-likeness (QED) is 0.649. The summed E-state index contributed by atoms with van der Waals surface area (Å²) >= 11 is 0. The first kappa shape index (κ1) is 21.0. The molecule has 1 aromatic carbocycles. The fourth-order valence-corrected chi connectivity index (χ4v) is 5.13. The average molecular weight is 386 g/mol. The zero-order valence-corrected chi connectivity index (χ0v) is 18.2. The highest BCUT2D eigenvalue weighted by atomic mass is 16.2. The molecule has 28 heavy (non-hydrogen) atoms. The molecule has 0 radical (unpaired) electrons. The molecule has 156 valence electrons. The Kier molecular flexibility index (Phi) is 7.25. The highest BCUT2D eigenvalue weighted by molar-refractivity contribution is 5.90. The van der Waals surface area contributed by atoms with Crippen LogP contribution in [0.25, 0.3) is 0 Å². The van der Waals surface area contributed by atoms with Gasteiger partial charge in [-0.15, -0.1) is 0 Å². The molecule has 2 fully saturated rings. The summed E-state index contributed by atoms with van der Waals surface area (Å²) in [6.45, 7) is 2.33. The van der Waals surface area contributed by atoms with Crippen molar-refractivity contribution in [3.63, 3.8) is 0 Å². The van der Waals surface area contributed by atoms with E-state index in [1.54, 1.807) is 0 Å². The van der Waals surface area contributed by atoms with Gasteiger partial charge in [-0.05, 0) is 56.9 Å². The van der Waals surface area contributed by atoms with Crippen molar-refractivity contribution in [2.45, 2.75) is 95.6 Å². The largest absolute Gasteiger partial charge is 0.378 e. The number of carbonyl (C=O) groups is 1. The summed E-state index contributed by atoms with van der Waals surface area (Å²) in [5, 5.41) is 3.23. The average Bonchev–Trinajstić information content (AvgIpc) is 2.64. The minimum absolute atomic E-state index is 0.00419. The van der Waals surface area contributed by atoms with Crippen LogP contribution >= 0.6 is 0 Å². The number of anilines is 2. The smallest absolute Gasteiger partial charge is 0.322 e. The first-order chi connectivity index (χ1) is 13.5. The van der Waals surface area contributed by atoms with Gasteiger partial charge in [0.15, 0.2) is 0 Å². The number of hydrogen-bond acceptors (Lipinski definition) is 2. The normalized spacial score (nSPS) is 20.7. The van der Waals surface area contributed by atoms with Crippen molar-refractivity contribution in [1.29, 1.82) is 0 Å². The van der Waals surface area contributed by atoms with Gasteiger partial charge in [-0.25, -0.2) is 4.79 Å². The Morgan fingerprint density at radius 1 is 0.893 bits per heavy atom. The predicted molar refractivity (Wildman–Crippen MR) is 119 cm³/mol. The fourth-order valence-electron chi connectivity index (χ4n) is 5.13. The van der Waals surface area contributed by atoms with Crippen molar-refractivity contribution in [3.05, 3.63) is 24.3 Å². The molecule has 0 unspecified atom stereocenters. The number of amides is 2. The maximum Gasteiger partial charge on any atom is 0.322 e. The lowest BCUT2D eigenvalue weighted by atomic mass is 9.80. The number of benzene rings is 1. The van der Waals surface area contributed by atoms with E-state index in [2.05, 4.69) is 34.2 Å². The lowest BCUT2D eigenvalue weighted by molar-refractivity contribution is 0.0553. The molecule has 3 rings (SSSR count). The van der Waals surface area contributed by atoms with Crippen LogP contribution in [0.4, 0.5) is 16.2 Å². The van der Waals surface area contributed by atoms with Crippen LogP contribution in [0.5, 0.6) is 0 Å². The topological polar surface area (TPSA) is 35.6 Å². The first-order valence-corrected chi connectivity index (χ1v) is 11.4. The van der Waals surface area contributed by atoms with Gasteiger partial charge in [-0.1, -0.05) is 51.4 Å². The van der Waals surface area contributed by atoms with E-state index < -0.39 is 0 Å². The van der Waals surface area contributed by atoms with E-state index in [1.165, 1.54) is 51.4 Å². The molecule has 2 saturated carbocycles. The lowest BCUT2D eigenvalue weighted by Gasteiger charge is -2.48. The van der Waals surface area contributed by atoms with Crippen molar-refractivity contribution in [1.82, 2.24) is 4.90 Å². The molecule has 4 nitrogen and oxygen atoms in total. The molecule has 0 aromatic heterocycles. The van der Waals surface area contributed by atoms with Crippen LogP contribution in [0, 0.1) is 0 Å². The zero-order chi connectivity index (χ0) is 20.0. The molecule has 1 aromatic rings. The van der Waals surface area contributed by atoms with Crippen LogP contribution in [0.15, 0.2) is 24.3 Å². The maximum atomic E-state index is 13.5. The summed E-state index contributed by atoms with van der Waals surface area (Å²) < 4.78 is 0. The standard InChI is InChI=1S/C24H39N3O/c1-24(18-10-7-11-19-24)27(22-12-8-5-4-6-9-13-22)23(28)25-20-14-16-21(17-15-20)26(2)3/h14-17,22H,4-13,18-19H2,1-3H3,(H,25,28). The molecule has 0 atom stereocenters. The van der Waals surface area contributed by atoms with E-state index in [0.717, 1.165) is 37.1 Å². The van der Waals surface area contributed by atoms with Gasteiger partial charge in [0.25, 0.3) is 0 Å². The van der Waals surface area contributed by atoms with E-state index in [4.69, 9.17) is 0 Å². The SMILES string of the molecule is CN(C)c1ccc(NC(=O)N(C2CCCCCCC2)C2(C)CCCCC2)cc1. The summed E-state index contributed by atoms with van der Waals surface area (Å²) in [6.07, 6.45) is 14.9. The predicted octanol–water partition coefficient (Wildman–Crippen LogP) is 6.42. The third-order valence-corrected chi connectivity index (χ3v) is 6.81. The summed E-state index contributed by atoms with van der Waals surface area (Å²) in [4.78, 5) is 17.9. The minimum Gasteiger partial charge on any atom is -0.378 e. The Morgan fingerprint density at radius 2 is 1.43 bits per heavy atom. The van der Waals surface area contributed by atoms with Crippen LogP contribution in [-0.4, -0.2) is 36.6 Å². The van der Waals surface area contributed by atoms with E-state index >= 15 is 0 Å². The van der Waals surface area contributed by atoms with Gasteiger partial charge in [-0.3, -0.25) is 0 Å². The number of carbonyl (C=O) groups excluding carboxylic acids is 1. The molecule has 0 aliphatic heterocycles. The molecule has 0 bridgehead atoms. The zero-order valence-electron chi connectivity index (χ0n) is 18.2. The molecule has 2 aliphatic rings. The maximum absolute atomic E-state index is 13.5. The Balaban J connectivity index is 1.79. The van der Waals surface area contributed by atoms with Gasteiger partial charge < -0.3 is 15.1 Å². The van der Waals surface area contributed by atoms with E-state index in [0.29, 0.717) is 6.04 Å². The van der Waals surface area contributed by atoms with Crippen molar-refractivity contribution in [2.75, 3.05) is 24.3 Å². The van der Waals surface area contributed by atoms with Crippen molar-refractivity contribution < 1.29 is 4.79 Å². The molecule has 4 heteroatoms. The third kappa shape index (κ3) is 5.21. The monoisotopic (exact) mass is 385 g/mol. The Hall–Kier alpha value is -1.71. The molecule has 2 amide bonds. The highest BCUT2D eigenvalue weighted by Crippen LogP contribution is 2.38. The van der Waals surface area contributed by atoms with Gasteiger partial charge in [0.1, 0.15) is 0 Å². The molecule has 2 aliphatic carbocycles. The van der Waals surface area contributed by atoms with E-state index in [1.807, 2.05) is 26.2 Å². The molecule has 0 saturated heterocycles. The Bertz CT molecular complexity index is 611. The van der Waals surface area contributed by atoms with E-state index in [9.17, 15) is 4.79 Å². The first-order valence-electron chi connectivity index (χ1n) is 11.4. The van der Waals surface area contributed by atoms with Gasteiger partial charge in [-0.2, -0.15) is 0 Å². The minimum atomic E-state index is -0.00419. The van der Waals surface area contributed by atoms with Gasteiger partial charge in [0.2, 0.25) is 0 Å². The van der Waals surface area contributed by atoms with Crippen molar-refractivity contribution >= 4 is 17.4 Å². The number of urea groups is 1. The number of nitrogens with one attached hydrogen (secondary N) is 1. The highest BCUT2D eigenvalue weighted by Gasteiger charge is 2.40.